The van der Waals surface area contributed by atoms with Crippen molar-refractivity contribution in [1.29, 1.82) is 0 Å². The van der Waals surface area contributed by atoms with Gasteiger partial charge in [0, 0.05) is 16.7 Å². The molecule has 2 aliphatic rings. The van der Waals surface area contributed by atoms with Crippen molar-refractivity contribution in [3.63, 3.8) is 0 Å². The summed E-state index contributed by atoms with van der Waals surface area (Å²) in [5, 5.41) is 11.0. The Bertz CT molecular complexity index is 836. The first-order valence-corrected chi connectivity index (χ1v) is 9.67. The molecule has 2 aromatic heterocycles. The van der Waals surface area contributed by atoms with Gasteiger partial charge in [-0.05, 0) is 25.9 Å². The maximum absolute atomic E-state index is 12.3. The van der Waals surface area contributed by atoms with Gasteiger partial charge in [-0.1, -0.05) is 20.8 Å². The standard InChI is InChI=1S/C18H23N5OS/c1-18(2,3)14-10-25-17(21-14)12-9-20-23-13(12)8-15(24)22-16(23)11-4-6-19-7-5-11/h9-11,19H,4-8H2,1-3H3. The molecule has 0 aromatic carbocycles. The van der Waals surface area contributed by atoms with Crippen LogP contribution in [0.3, 0.4) is 0 Å². The van der Waals surface area contributed by atoms with Crippen LogP contribution < -0.4 is 5.32 Å². The van der Waals surface area contributed by atoms with Crippen LogP contribution >= 0.6 is 11.3 Å². The second-order valence-corrected chi connectivity index (χ2v) is 8.63. The average Bonchev–Trinajstić information content (AvgIpc) is 3.21. The molecule has 0 spiro atoms. The molecule has 25 heavy (non-hydrogen) atoms. The zero-order valence-electron chi connectivity index (χ0n) is 14.9. The largest absolute Gasteiger partial charge is 0.317 e. The molecule has 0 atom stereocenters. The van der Waals surface area contributed by atoms with Crippen LogP contribution in [0.15, 0.2) is 16.6 Å². The van der Waals surface area contributed by atoms with Crippen molar-refractivity contribution in [2.75, 3.05) is 13.1 Å². The summed E-state index contributed by atoms with van der Waals surface area (Å²) in [6.07, 6.45) is 4.13. The van der Waals surface area contributed by atoms with Gasteiger partial charge in [-0.15, -0.1) is 11.3 Å². The van der Waals surface area contributed by atoms with E-state index in [9.17, 15) is 4.79 Å². The summed E-state index contributed by atoms with van der Waals surface area (Å²) < 4.78 is 1.89. The van der Waals surface area contributed by atoms with Gasteiger partial charge in [-0.2, -0.15) is 10.1 Å². The van der Waals surface area contributed by atoms with E-state index in [1.54, 1.807) is 11.3 Å². The molecule has 2 aromatic rings. The van der Waals surface area contributed by atoms with E-state index < -0.39 is 0 Å². The van der Waals surface area contributed by atoms with Gasteiger partial charge < -0.3 is 5.32 Å². The highest BCUT2D eigenvalue weighted by atomic mass is 32.1. The summed E-state index contributed by atoms with van der Waals surface area (Å²) in [5.74, 6) is 1.03. The molecule has 0 saturated carbocycles. The predicted octanol–water partition coefficient (Wildman–Crippen LogP) is 2.63. The van der Waals surface area contributed by atoms with E-state index in [2.05, 4.69) is 41.6 Å². The Hall–Kier alpha value is -1.86. The van der Waals surface area contributed by atoms with Crippen molar-refractivity contribution in [3.05, 3.63) is 23.0 Å². The number of nitrogens with one attached hydrogen (secondary N) is 1. The molecule has 0 bridgehead atoms. The average molecular weight is 357 g/mol. The summed E-state index contributed by atoms with van der Waals surface area (Å²) >= 11 is 1.62. The Labute approximate surface area is 151 Å². The number of amides is 1. The molecule has 0 unspecified atom stereocenters. The van der Waals surface area contributed by atoms with Gasteiger partial charge in [0.15, 0.2) is 0 Å². The second kappa shape index (κ2) is 6.14. The Morgan fingerprint density at radius 3 is 2.72 bits per heavy atom. The first-order chi connectivity index (χ1) is 11.9. The SMILES string of the molecule is CC(C)(C)c1csc(-c2cnn3c2CC(=O)N=C3C2CCNCC2)n1. The zero-order valence-corrected chi connectivity index (χ0v) is 15.7. The highest BCUT2D eigenvalue weighted by Crippen LogP contribution is 2.33. The van der Waals surface area contributed by atoms with Crippen LogP contribution in [0.2, 0.25) is 0 Å². The maximum Gasteiger partial charge on any atom is 0.253 e. The fourth-order valence-electron chi connectivity index (χ4n) is 3.36. The van der Waals surface area contributed by atoms with Crippen LogP contribution in [-0.2, 0) is 16.6 Å². The first kappa shape index (κ1) is 16.6. The van der Waals surface area contributed by atoms with Crippen molar-refractivity contribution >= 4 is 23.1 Å². The quantitative estimate of drug-likeness (QED) is 0.897. The van der Waals surface area contributed by atoms with Crippen LogP contribution in [0.25, 0.3) is 10.6 Å². The Morgan fingerprint density at radius 1 is 1.28 bits per heavy atom. The monoisotopic (exact) mass is 357 g/mol. The molecule has 1 amide bonds. The van der Waals surface area contributed by atoms with E-state index >= 15 is 0 Å². The van der Waals surface area contributed by atoms with E-state index in [1.165, 1.54) is 0 Å². The van der Waals surface area contributed by atoms with Gasteiger partial charge in [0.1, 0.15) is 10.8 Å². The van der Waals surface area contributed by atoms with Gasteiger partial charge in [-0.3, -0.25) is 4.79 Å². The Balaban J connectivity index is 1.72. The van der Waals surface area contributed by atoms with E-state index in [-0.39, 0.29) is 11.3 Å². The minimum Gasteiger partial charge on any atom is -0.317 e. The second-order valence-electron chi connectivity index (χ2n) is 7.77. The van der Waals surface area contributed by atoms with Crippen molar-refractivity contribution in [2.45, 2.75) is 45.4 Å². The van der Waals surface area contributed by atoms with E-state index in [0.717, 1.165) is 53.7 Å². The van der Waals surface area contributed by atoms with Gasteiger partial charge in [0.25, 0.3) is 5.91 Å². The molecule has 132 valence electrons. The minimum atomic E-state index is -0.0737. The fraction of sp³-hybridized carbons (Fsp3) is 0.556. The summed E-state index contributed by atoms with van der Waals surface area (Å²) in [5.41, 5.74) is 2.99. The molecular weight excluding hydrogens is 334 g/mol. The first-order valence-electron chi connectivity index (χ1n) is 8.79. The lowest BCUT2D eigenvalue weighted by Crippen LogP contribution is -2.38. The highest BCUT2D eigenvalue weighted by molar-refractivity contribution is 7.13. The predicted molar refractivity (Wildman–Crippen MR) is 99.2 cm³/mol. The molecule has 4 heterocycles. The van der Waals surface area contributed by atoms with E-state index in [1.807, 2.05) is 10.9 Å². The molecule has 1 N–H and O–H groups in total. The zero-order chi connectivity index (χ0) is 17.6. The number of aliphatic imine (C=N–C) groups is 1. The molecule has 6 nitrogen and oxygen atoms in total. The molecule has 1 saturated heterocycles. The van der Waals surface area contributed by atoms with E-state index in [4.69, 9.17) is 4.98 Å². The highest BCUT2D eigenvalue weighted by Gasteiger charge is 2.30. The third-order valence-electron chi connectivity index (χ3n) is 4.85. The van der Waals surface area contributed by atoms with E-state index in [0.29, 0.717) is 12.3 Å². The summed E-state index contributed by atoms with van der Waals surface area (Å²) in [6, 6.07) is 0. The molecule has 1 fully saturated rings. The fourth-order valence-corrected chi connectivity index (χ4v) is 4.44. The number of nitrogens with zero attached hydrogens (tertiary/aromatic N) is 4. The number of fused-ring (bicyclic) bond motifs is 1. The Morgan fingerprint density at radius 2 is 2.04 bits per heavy atom. The molecule has 7 heteroatoms. The van der Waals surface area contributed by atoms with Gasteiger partial charge >= 0.3 is 0 Å². The van der Waals surface area contributed by atoms with Crippen molar-refractivity contribution in [2.24, 2.45) is 10.9 Å². The number of hydrogen-bond acceptors (Lipinski definition) is 5. The molecule has 0 radical (unpaired) electrons. The summed E-state index contributed by atoms with van der Waals surface area (Å²) in [7, 11) is 0. The topological polar surface area (TPSA) is 72.2 Å². The lowest BCUT2D eigenvalue weighted by atomic mass is 9.93. The van der Waals surface area contributed by atoms with Crippen LogP contribution in [0.4, 0.5) is 0 Å². The number of piperidine rings is 1. The number of thiazole rings is 1. The van der Waals surface area contributed by atoms with Gasteiger partial charge in [0.2, 0.25) is 0 Å². The maximum atomic E-state index is 12.3. The van der Waals surface area contributed by atoms with Crippen LogP contribution in [-0.4, -0.2) is 39.6 Å². The normalized spacial score (nSPS) is 19.0. The number of rotatable bonds is 2. The molecule has 0 aliphatic carbocycles. The van der Waals surface area contributed by atoms with Gasteiger partial charge in [0.05, 0.1) is 29.6 Å². The summed E-state index contributed by atoms with van der Waals surface area (Å²) in [6.45, 7) is 8.39. The van der Waals surface area contributed by atoms with Crippen LogP contribution in [0, 0.1) is 5.92 Å². The smallest absolute Gasteiger partial charge is 0.253 e. The van der Waals surface area contributed by atoms with Crippen molar-refractivity contribution in [3.8, 4) is 10.6 Å². The number of carbonyl (C=O) groups excluding carboxylic acids is 1. The van der Waals surface area contributed by atoms with Gasteiger partial charge in [-0.25, -0.2) is 9.67 Å². The lowest BCUT2D eigenvalue weighted by molar-refractivity contribution is -0.117. The lowest BCUT2D eigenvalue weighted by Gasteiger charge is -2.26. The third-order valence-corrected chi connectivity index (χ3v) is 5.73. The molecule has 4 rings (SSSR count). The number of aromatic nitrogens is 3. The Kier molecular flexibility index (Phi) is 4.08. The van der Waals surface area contributed by atoms with Crippen molar-refractivity contribution < 1.29 is 4.79 Å². The minimum absolute atomic E-state index is 0.0134. The third kappa shape index (κ3) is 3.06. The molecular formula is C18H23N5OS. The number of carbonyl (C=O) groups is 1. The molecule has 2 aliphatic heterocycles. The van der Waals surface area contributed by atoms with Crippen LogP contribution in [0.5, 0.6) is 0 Å². The summed E-state index contributed by atoms with van der Waals surface area (Å²) in [4.78, 5) is 21.4. The van der Waals surface area contributed by atoms with Crippen LogP contribution in [0.1, 0.15) is 45.0 Å². The van der Waals surface area contributed by atoms with Crippen molar-refractivity contribution in [1.82, 2.24) is 20.1 Å². The number of hydrogen-bond donors (Lipinski definition) is 1.